The van der Waals surface area contributed by atoms with Gasteiger partial charge in [0.05, 0.1) is 5.69 Å². The highest BCUT2D eigenvalue weighted by molar-refractivity contribution is 5.45. The fraction of sp³-hybridized carbons (Fsp3) is 0.182. The van der Waals surface area contributed by atoms with Crippen LogP contribution in [0.15, 0.2) is 36.5 Å². The number of ether oxygens (including phenoxy) is 1. The highest BCUT2D eigenvalue weighted by atomic mass is 19.3. The van der Waals surface area contributed by atoms with Gasteiger partial charge in [0.2, 0.25) is 0 Å². The average molecular weight is 239 g/mol. The lowest BCUT2D eigenvalue weighted by Crippen LogP contribution is -2.06. The van der Waals surface area contributed by atoms with E-state index >= 15 is 0 Å². The van der Waals surface area contributed by atoms with Crippen LogP contribution in [-0.4, -0.2) is 16.4 Å². The van der Waals surface area contributed by atoms with Crippen molar-refractivity contribution in [3.05, 3.63) is 42.2 Å². The molecule has 0 unspecified atom stereocenters. The number of nitrogens with two attached hydrogens (primary N) is 1. The van der Waals surface area contributed by atoms with E-state index in [4.69, 9.17) is 5.73 Å². The molecule has 0 aliphatic rings. The molecule has 0 amide bonds. The molecule has 2 N–H and O–H groups in total. The van der Waals surface area contributed by atoms with E-state index in [-0.39, 0.29) is 5.75 Å². The number of rotatable bonds is 4. The summed E-state index contributed by atoms with van der Waals surface area (Å²) in [6.07, 6.45) is 1.65. The SMILES string of the molecule is NCc1ccn(-c2ccccc2OC(F)F)n1. The first-order chi connectivity index (χ1) is 8.20. The summed E-state index contributed by atoms with van der Waals surface area (Å²) in [4.78, 5) is 0. The van der Waals surface area contributed by atoms with Crippen LogP contribution in [0.25, 0.3) is 5.69 Å². The Bertz CT molecular complexity index is 499. The zero-order valence-corrected chi connectivity index (χ0v) is 8.88. The van der Waals surface area contributed by atoms with E-state index < -0.39 is 6.61 Å². The van der Waals surface area contributed by atoms with E-state index in [1.54, 1.807) is 30.5 Å². The summed E-state index contributed by atoms with van der Waals surface area (Å²) >= 11 is 0. The third-order valence-electron chi connectivity index (χ3n) is 2.18. The molecule has 0 aliphatic carbocycles. The van der Waals surface area contributed by atoms with Gasteiger partial charge >= 0.3 is 6.61 Å². The molecule has 1 aromatic carbocycles. The first-order valence-corrected chi connectivity index (χ1v) is 4.99. The van der Waals surface area contributed by atoms with Crippen LogP contribution < -0.4 is 10.5 Å². The smallest absolute Gasteiger partial charge is 0.387 e. The largest absolute Gasteiger partial charge is 0.433 e. The molecule has 4 nitrogen and oxygen atoms in total. The molecule has 2 aromatic rings. The molecule has 6 heteroatoms. The van der Waals surface area contributed by atoms with Crippen LogP contribution in [0.5, 0.6) is 5.75 Å². The maximum atomic E-state index is 12.2. The Balaban J connectivity index is 2.36. The van der Waals surface area contributed by atoms with Crippen LogP contribution in [0.3, 0.4) is 0 Å². The summed E-state index contributed by atoms with van der Waals surface area (Å²) in [6.45, 7) is -2.56. The number of hydrogen-bond acceptors (Lipinski definition) is 3. The van der Waals surface area contributed by atoms with Crippen molar-refractivity contribution in [2.24, 2.45) is 5.73 Å². The highest BCUT2D eigenvalue weighted by Gasteiger charge is 2.11. The van der Waals surface area contributed by atoms with Gasteiger partial charge in [-0.1, -0.05) is 12.1 Å². The van der Waals surface area contributed by atoms with Crippen LogP contribution in [0.2, 0.25) is 0 Å². The Morgan fingerprint density at radius 3 is 2.71 bits per heavy atom. The standard InChI is InChI=1S/C11H11F2N3O/c12-11(13)17-10-4-2-1-3-9(10)16-6-5-8(7-14)15-16/h1-6,11H,7,14H2. The minimum atomic E-state index is -2.86. The maximum Gasteiger partial charge on any atom is 0.387 e. The molecular formula is C11H11F2N3O. The highest BCUT2D eigenvalue weighted by Crippen LogP contribution is 2.23. The predicted molar refractivity (Wildman–Crippen MR) is 58.1 cm³/mol. The van der Waals surface area contributed by atoms with Crippen molar-refractivity contribution in [2.75, 3.05) is 0 Å². The molecule has 0 radical (unpaired) electrons. The second-order valence-corrected chi connectivity index (χ2v) is 3.30. The Morgan fingerprint density at radius 1 is 1.29 bits per heavy atom. The normalized spacial score (nSPS) is 10.8. The summed E-state index contributed by atoms with van der Waals surface area (Å²) < 4.78 is 30.3. The molecule has 0 atom stereocenters. The first-order valence-electron chi connectivity index (χ1n) is 4.99. The Morgan fingerprint density at radius 2 is 2.06 bits per heavy atom. The van der Waals surface area contributed by atoms with Crippen molar-refractivity contribution in [3.8, 4) is 11.4 Å². The minimum absolute atomic E-state index is 0.0779. The maximum absolute atomic E-state index is 12.2. The lowest BCUT2D eigenvalue weighted by atomic mass is 10.3. The summed E-state index contributed by atoms with van der Waals surface area (Å²) in [5.41, 5.74) is 6.56. The van der Waals surface area contributed by atoms with Crippen molar-refractivity contribution >= 4 is 0 Å². The molecule has 2 rings (SSSR count). The Hall–Kier alpha value is -1.95. The Labute approximate surface area is 96.6 Å². The number of nitrogens with zero attached hydrogens (tertiary/aromatic N) is 2. The fourth-order valence-electron chi connectivity index (χ4n) is 1.45. The zero-order chi connectivity index (χ0) is 12.3. The molecule has 0 bridgehead atoms. The van der Waals surface area contributed by atoms with Crippen molar-refractivity contribution < 1.29 is 13.5 Å². The van der Waals surface area contributed by atoms with E-state index in [1.165, 1.54) is 10.7 Å². The van der Waals surface area contributed by atoms with Gasteiger partial charge in [-0.2, -0.15) is 13.9 Å². The zero-order valence-electron chi connectivity index (χ0n) is 8.88. The van der Waals surface area contributed by atoms with Gasteiger partial charge in [-0.15, -0.1) is 0 Å². The number of hydrogen-bond donors (Lipinski definition) is 1. The van der Waals surface area contributed by atoms with Gasteiger partial charge in [-0.05, 0) is 18.2 Å². The molecule has 0 spiro atoms. The van der Waals surface area contributed by atoms with Gasteiger partial charge in [0.1, 0.15) is 5.69 Å². The predicted octanol–water partition coefficient (Wildman–Crippen LogP) is 1.93. The molecule has 90 valence electrons. The van der Waals surface area contributed by atoms with Crippen molar-refractivity contribution in [1.29, 1.82) is 0 Å². The average Bonchev–Trinajstić information content (AvgIpc) is 2.77. The monoisotopic (exact) mass is 239 g/mol. The molecule has 17 heavy (non-hydrogen) atoms. The Kier molecular flexibility index (Phi) is 3.34. The van der Waals surface area contributed by atoms with E-state index in [0.29, 0.717) is 17.9 Å². The summed E-state index contributed by atoms with van der Waals surface area (Å²) in [5.74, 6) is 0.0779. The summed E-state index contributed by atoms with van der Waals surface area (Å²) in [6, 6.07) is 8.17. The number of halogens is 2. The van der Waals surface area contributed by atoms with E-state index in [9.17, 15) is 8.78 Å². The van der Waals surface area contributed by atoms with E-state index in [0.717, 1.165) is 0 Å². The van der Waals surface area contributed by atoms with Crippen molar-refractivity contribution in [2.45, 2.75) is 13.2 Å². The van der Waals surface area contributed by atoms with Crippen molar-refractivity contribution in [3.63, 3.8) is 0 Å². The molecule has 0 saturated heterocycles. The van der Waals surface area contributed by atoms with Crippen LogP contribution in [0, 0.1) is 0 Å². The third-order valence-corrected chi connectivity index (χ3v) is 2.18. The molecule has 0 fully saturated rings. The first kappa shape index (κ1) is 11.5. The molecule has 1 heterocycles. The quantitative estimate of drug-likeness (QED) is 0.887. The summed E-state index contributed by atoms with van der Waals surface area (Å²) in [7, 11) is 0. The minimum Gasteiger partial charge on any atom is -0.433 e. The van der Waals surface area contributed by atoms with Crippen LogP contribution in [-0.2, 0) is 6.54 Å². The fourth-order valence-corrected chi connectivity index (χ4v) is 1.45. The number of aromatic nitrogens is 2. The lowest BCUT2D eigenvalue weighted by molar-refractivity contribution is -0.0499. The van der Waals surface area contributed by atoms with Gasteiger partial charge in [0.15, 0.2) is 5.75 Å². The van der Waals surface area contributed by atoms with Gasteiger partial charge in [0, 0.05) is 12.7 Å². The van der Waals surface area contributed by atoms with Gasteiger partial charge in [-0.3, -0.25) is 0 Å². The van der Waals surface area contributed by atoms with Gasteiger partial charge < -0.3 is 10.5 Å². The second kappa shape index (κ2) is 4.92. The molecular weight excluding hydrogens is 228 g/mol. The molecule has 0 aliphatic heterocycles. The van der Waals surface area contributed by atoms with E-state index in [1.807, 2.05) is 0 Å². The second-order valence-electron chi connectivity index (χ2n) is 3.30. The van der Waals surface area contributed by atoms with E-state index in [2.05, 4.69) is 9.84 Å². The van der Waals surface area contributed by atoms with Crippen LogP contribution in [0.1, 0.15) is 5.69 Å². The lowest BCUT2D eigenvalue weighted by Gasteiger charge is -2.09. The van der Waals surface area contributed by atoms with Gasteiger partial charge in [0.25, 0.3) is 0 Å². The molecule has 0 saturated carbocycles. The van der Waals surface area contributed by atoms with Gasteiger partial charge in [-0.25, -0.2) is 4.68 Å². The van der Waals surface area contributed by atoms with Crippen LogP contribution >= 0.6 is 0 Å². The number of alkyl halides is 2. The third kappa shape index (κ3) is 2.59. The molecule has 1 aromatic heterocycles. The van der Waals surface area contributed by atoms with Crippen LogP contribution in [0.4, 0.5) is 8.78 Å². The number of para-hydroxylation sites is 2. The van der Waals surface area contributed by atoms with Crippen molar-refractivity contribution in [1.82, 2.24) is 9.78 Å². The number of benzene rings is 1. The summed E-state index contributed by atoms with van der Waals surface area (Å²) in [5, 5.41) is 4.13. The topological polar surface area (TPSA) is 53.1 Å².